The number of hydrogen-bond acceptors (Lipinski definition) is 2. The highest BCUT2D eigenvalue weighted by molar-refractivity contribution is 5.85. The summed E-state index contributed by atoms with van der Waals surface area (Å²) in [5, 5.41) is 18.8. The average Bonchev–Trinajstić information content (AvgIpc) is 2.28. The monoisotopic (exact) mass is 252 g/mol. The van der Waals surface area contributed by atoms with E-state index in [2.05, 4.69) is 13.8 Å². The number of allylic oxidation sites excluding steroid dienone is 2. The normalized spacial score (nSPS) is 26.7. The number of hydrogen-bond donors (Lipinski definition) is 2. The summed E-state index contributed by atoms with van der Waals surface area (Å²) in [6.07, 6.45) is 7.20. The van der Waals surface area contributed by atoms with Gasteiger partial charge in [0.2, 0.25) is 0 Å². The van der Waals surface area contributed by atoms with Gasteiger partial charge in [0.25, 0.3) is 0 Å². The first-order valence-electron chi connectivity index (χ1n) is 6.67. The van der Waals surface area contributed by atoms with Gasteiger partial charge in [-0.05, 0) is 51.4 Å². The van der Waals surface area contributed by atoms with Gasteiger partial charge < -0.3 is 10.2 Å². The molecule has 1 rings (SSSR count). The molecule has 18 heavy (non-hydrogen) atoms. The van der Waals surface area contributed by atoms with Gasteiger partial charge in [-0.2, -0.15) is 0 Å². The molecule has 0 saturated heterocycles. The Morgan fingerprint density at radius 1 is 1.61 bits per heavy atom. The van der Waals surface area contributed by atoms with Crippen LogP contribution in [0.2, 0.25) is 0 Å². The second-order valence-electron chi connectivity index (χ2n) is 5.45. The summed E-state index contributed by atoms with van der Waals surface area (Å²) >= 11 is 0. The molecule has 0 bridgehead atoms. The number of carboxylic acid groups (broad SMARTS) is 1. The molecular formula is C15H24O3. The standard InChI is InChI=1S/C15H24O3/c1-10-7-8-13(14(16)9-10)11(2)5-4-6-12(3)15(17)18/h6,9,11,13-14,16H,4-5,7-8H2,1-3H3,(H,17,18)/b12-6+. The van der Waals surface area contributed by atoms with E-state index in [0.29, 0.717) is 17.4 Å². The van der Waals surface area contributed by atoms with Gasteiger partial charge >= 0.3 is 5.97 Å². The lowest BCUT2D eigenvalue weighted by Gasteiger charge is -2.30. The van der Waals surface area contributed by atoms with E-state index in [1.807, 2.05) is 6.08 Å². The third-order valence-corrected chi connectivity index (χ3v) is 3.91. The van der Waals surface area contributed by atoms with Crippen molar-refractivity contribution >= 4 is 5.97 Å². The summed E-state index contributed by atoms with van der Waals surface area (Å²) in [5.41, 5.74) is 1.68. The average molecular weight is 252 g/mol. The number of aliphatic hydroxyl groups is 1. The quantitative estimate of drug-likeness (QED) is 0.583. The van der Waals surface area contributed by atoms with Crippen LogP contribution >= 0.6 is 0 Å². The minimum absolute atomic E-state index is 0.312. The zero-order valence-electron chi connectivity index (χ0n) is 11.5. The van der Waals surface area contributed by atoms with Crippen molar-refractivity contribution in [1.82, 2.24) is 0 Å². The maximum absolute atomic E-state index is 10.6. The maximum Gasteiger partial charge on any atom is 0.330 e. The fourth-order valence-corrected chi connectivity index (χ4v) is 2.55. The van der Waals surface area contributed by atoms with E-state index < -0.39 is 5.97 Å². The van der Waals surface area contributed by atoms with Gasteiger partial charge in [0.1, 0.15) is 0 Å². The topological polar surface area (TPSA) is 57.5 Å². The molecule has 1 aliphatic carbocycles. The minimum Gasteiger partial charge on any atom is -0.478 e. The molecule has 0 aromatic rings. The molecule has 0 aliphatic heterocycles. The molecule has 3 unspecified atom stereocenters. The molecular weight excluding hydrogens is 228 g/mol. The van der Waals surface area contributed by atoms with E-state index >= 15 is 0 Å². The Hall–Kier alpha value is -1.09. The predicted molar refractivity (Wildman–Crippen MR) is 72.3 cm³/mol. The van der Waals surface area contributed by atoms with Crippen molar-refractivity contribution in [3.05, 3.63) is 23.3 Å². The van der Waals surface area contributed by atoms with Gasteiger partial charge in [0, 0.05) is 5.57 Å². The van der Waals surface area contributed by atoms with E-state index in [-0.39, 0.29) is 6.10 Å². The van der Waals surface area contributed by atoms with Gasteiger partial charge in [-0.25, -0.2) is 4.79 Å². The van der Waals surface area contributed by atoms with E-state index in [0.717, 1.165) is 25.7 Å². The molecule has 0 heterocycles. The summed E-state index contributed by atoms with van der Waals surface area (Å²) in [6, 6.07) is 0. The molecule has 3 heteroatoms. The third kappa shape index (κ3) is 4.30. The Morgan fingerprint density at radius 2 is 2.28 bits per heavy atom. The molecule has 0 saturated carbocycles. The van der Waals surface area contributed by atoms with Crippen molar-refractivity contribution in [3.8, 4) is 0 Å². The smallest absolute Gasteiger partial charge is 0.330 e. The Morgan fingerprint density at radius 3 is 2.83 bits per heavy atom. The first kappa shape index (κ1) is 15.0. The van der Waals surface area contributed by atoms with Crippen LogP contribution in [0.3, 0.4) is 0 Å². The Balaban J connectivity index is 2.44. The molecule has 0 spiro atoms. The molecule has 0 radical (unpaired) electrons. The number of rotatable bonds is 5. The highest BCUT2D eigenvalue weighted by Crippen LogP contribution is 2.31. The number of aliphatic carboxylic acids is 1. The molecule has 0 amide bonds. The van der Waals surface area contributed by atoms with Crippen molar-refractivity contribution in [2.75, 3.05) is 0 Å². The fraction of sp³-hybridized carbons (Fsp3) is 0.667. The van der Waals surface area contributed by atoms with Crippen LogP contribution in [0.5, 0.6) is 0 Å². The van der Waals surface area contributed by atoms with Gasteiger partial charge in [0.05, 0.1) is 6.10 Å². The molecule has 3 nitrogen and oxygen atoms in total. The fourth-order valence-electron chi connectivity index (χ4n) is 2.55. The Bertz CT molecular complexity index is 355. The minimum atomic E-state index is -0.848. The molecule has 0 aromatic carbocycles. The zero-order chi connectivity index (χ0) is 13.7. The SMILES string of the molecule is CC1=CC(O)C(C(C)CC/C=C(\C)C(=O)O)CC1. The zero-order valence-corrected chi connectivity index (χ0v) is 11.5. The van der Waals surface area contributed by atoms with Crippen LogP contribution < -0.4 is 0 Å². The Kier molecular flexibility index (Phi) is 5.60. The number of carboxylic acids is 1. The number of aliphatic hydroxyl groups excluding tert-OH is 1. The lowest BCUT2D eigenvalue weighted by molar-refractivity contribution is -0.132. The second kappa shape index (κ2) is 6.74. The lowest BCUT2D eigenvalue weighted by atomic mass is 9.78. The van der Waals surface area contributed by atoms with E-state index in [4.69, 9.17) is 5.11 Å². The van der Waals surface area contributed by atoms with Crippen LogP contribution in [0, 0.1) is 11.8 Å². The molecule has 102 valence electrons. The van der Waals surface area contributed by atoms with E-state index in [9.17, 15) is 9.90 Å². The van der Waals surface area contributed by atoms with Gasteiger partial charge in [-0.15, -0.1) is 0 Å². The lowest BCUT2D eigenvalue weighted by Crippen LogP contribution is -2.28. The highest BCUT2D eigenvalue weighted by Gasteiger charge is 2.26. The summed E-state index contributed by atoms with van der Waals surface area (Å²) < 4.78 is 0. The highest BCUT2D eigenvalue weighted by atomic mass is 16.4. The van der Waals surface area contributed by atoms with Gasteiger partial charge in [-0.3, -0.25) is 0 Å². The van der Waals surface area contributed by atoms with Crippen molar-refractivity contribution < 1.29 is 15.0 Å². The van der Waals surface area contributed by atoms with Crippen LogP contribution in [-0.4, -0.2) is 22.3 Å². The molecule has 0 aromatic heterocycles. The molecule has 0 fully saturated rings. The van der Waals surface area contributed by atoms with Crippen LogP contribution in [0.1, 0.15) is 46.5 Å². The van der Waals surface area contributed by atoms with E-state index in [1.54, 1.807) is 13.0 Å². The first-order chi connectivity index (χ1) is 8.41. The van der Waals surface area contributed by atoms with Gasteiger partial charge in [0.15, 0.2) is 0 Å². The molecule has 2 N–H and O–H groups in total. The summed E-state index contributed by atoms with van der Waals surface area (Å²) in [6.45, 7) is 5.82. The predicted octanol–water partition coefficient (Wildman–Crippen LogP) is 3.15. The maximum atomic E-state index is 10.6. The summed E-state index contributed by atoms with van der Waals surface area (Å²) in [5.74, 6) is -0.117. The molecule has 1 aliphatic rings. The van der Waals surface area contributed by atoms with Crippen molar-refractivity contribution in [1.29, 1.82) is 0 Å². The molecule has 3 atom stereocenters. The van der Waals surface area contributed by atoms with Crippen molar-refractivity contribution in [2.45, 2.75) is 52.6 Å². The Labute approximate surface area is 109 Å². The van der Waals surface area contributed by atoms with E-state index in [1.165, 1.54) is 5.57 Å². The van der Waals surface area contributed by atoms with Crippen LogP contribution in [0.4, 0.5) is 0 Å². The largest absolute Gasteiger partial charge is 0.478 e. The first-order valence-corrected chi connectivity index (χ1v) is 6.67. The van der Waals surface area contributed by atoms with Crippen LogP contribution in [0.15, 0.2) is 23.3 Å². The summed E-state index contributed by atoms with van der Waals surface area (Å²) in [4.78, 5) is 10.6. The van der Waals surface area contributed by atoms with Crippen LogP contribution in [-0.2, 0) is 4.79 Å². The van der Waals surface area contributed by atoms with Crippen molar-refractivity contribution in [3.63, 3.8) is 0 Å². The van der Waals surface area contributed by atoms with Crippen molar-refractivity contribution in [2.24, 2.45) is 11.8 Å². The summed E-state index contributed by atoms with van der Waals surface area (Å²) in [7, 11) is 0. The van der Waals surface area contributed by atoms with Crippen LogP contribution in [0.25, 0.3) is 0 Å². The third-order valence-electron chi connectivity index (χ3n) is 3.91. The van der Waals surface area contributed by atoms with Gasteiger partial charge in [-0.1, -0.05) is 24.6 Å². The second-order valence-corrected chi connectivity index (χ2v) is 5.45. The number of carbonyl (C=O) groups is 1.